The molecule has 2 amide bonds. The van der Waals surface area contributed by atoms with Gasteiger partial charge in [-0.25, -0.2) is 14.6 Å². The highest BCUT2D eigenvalue weighted by Crippen LogP contribution is 2.21. The fraction of sp³-hybridized carbons (Fsp3) is 0.545. The predicted octanol–water partition coefficient (Wildman–Crippen LogP) is 1.49. The van der Waals surface area contributed by atoms with Crippen LogP contribution < -0.4 is 10.6 Å². The number of rotatable bonds is 7. The number of thiazole rings is 1. The Hall–Kier alpha value is -1.67. The van der Waals surface area contributed by atoms with E-state index in [2.05, 4.69) is 15.6 Å². The van der Waals surface area contributed by atoms with Crippen molar-refractivity contribution in [2.24, 2.45) is 0 Å². The summed E-state index contributed by atoms with van der Waals surface area (Å²) in [5.74, 6) is -0.715. The molecule has 0 aliphatic carbocycles. The van der Waals surface area contributed by atoms with Crippen LogP contribution in [0.5, 0.6) is 0 Å². The molecule has 0 spiro atoms. The highest BCUT2D eigenvalue weighted by molar-refractivity contribution is 7.13. The van der Waals surface area contributed by atoms with Crippen LogP contribution in [-0.4, -0.2) is 41.8 Å². The number of urea groups is 1. The lowest BCUT2D eigenvalue weighted by Gasteiger charge is -2.05. The first-order chi connectivity index (χ1) is 8.99. The number of nitrogens with zero attached hydrogens (tertiary/aromatic N) is 1. The molecular weight excluding hydrogens is 270 g/mol. The second kappa shape index (κ2) is 7.70. The number of hydrogen-bond donors (Lipinski definition) is 3. The van der Waals surface area contributed by atoms with Gasteiger partial charge in [0.05, 0.1) is 12.3 Å². The summed E-state index contributed by atoms with van der Waals surface area (Å²) in [6.07, 6.45) is 0. The summed E-state index contributed by atoms with van der Waals surface area (Å²) in [5.41, 5.74) is 0.935. The van der Waals surface area contributed by atoms with Crippen LogP contribution in [0.1, 0.15) is 25.5 Å². The van der Waals surface area contributed by atoms with E-state index in [4.69, 9.17) is 9.84 Å². The van der Waals surface area contributed by atoms with E-state index in [0.29, 0.717) is 11.0 Å². The van der Waals surface area contributed by atoms with Gasteiger partial charge in [-0.2, -0.15) is 0 Å². The maximum atomic E-state index is 11.5. The normalized spacial score (nSPS) is 10.5. The van der Waals surface area contributed by atoms with E-state index >= 15 is 0 Å². The largest absolute Gasteiger partial charge is 0.480 e. The minimum atomic E-state index is -1.03. The van der Waals surface area contributed by atoms with Crippen LogP contribution in [0.2, 0.25) is 0 Å². The first kappa shape index (κ1) is 15.4. The minimum Gasteiger partial charge on any atom is -0.480 e. The second-order valence-corrected chi connectivity index (χ2v) is 4.92. The number of carbonyl (C=O) groups excluding carboxylic acids is 1. The minimum absolute atomic E-state index is 0.148. The van der Waals surface area contributed by atoms with Crippen molar-refractivity contribution in [1.29, 1.82) is 0 Å². The van der Waals surface area contributed by atoms with E-state index in [1.807, 2.05) is 19.2 Å². The summed E-state index contributed by atoms with van der Waals surface area (Å²) in [6.45, 7) is 4.07. The number of nitrogens with one attached hydrogen (secondary N) is 2. The smallest absolute Gasteiger partial charge is 0.329 e. The number of carboxylic acids is 1. The SMILES string of the molecule is CC(C)c1csc(NC(=O)NCCOCC(=O)O)n1. The third kappa shape index (κ3) is 6.16. The molecule has 0 saturated carbocycles. The van der Waals surface area contributed by atoms with Crippen molar-refractivity contribution in [3.05, 3.63) is 11.1 Å². The Morgan fingerprint density at radius 2 is 2.26 bits per heavy atom. The molecule has 0 radical (unpaired) electrons. The highest BCUT2D eigenvalue weighted by Gasteiger charge is 2.08. The zero-order chi connectivity index (χ0) is 14.3. The Kier molecular flexibility index (Phi) is 6.23. The second-order valence-electron chi connectivity index (χ2n) is 4.06. The Morgan fingerprint density at radius 1 is 1.53 bits per heavy atom. The van der Waals surface area contributed by atoms with Crippen LogP contribution in [0.25, 0.3) is 0 Å². The Bertz CT molecular complexity index is 433. The van der Waals surface area contributed by atoms with Gasteiger partial charge < -0.3 is 15.2 Å². The average molecular weight is 287 g/mol. The zero-order valence-electron chi connectivity index (χ0n) is 10.8. The maximum Gasteiger partial charge on any atom is 0.329 e. The van der Waals surface area contributed by atoms with Gasteiger partial charge in [-0.1, -0.05) is 13.8 Å². The fourth-order valence-electron chi connectivity index (χ4n) is 1.15. The van der Waals surface area contributed by atoms with Gasteiger partial charge in [0.1, 0.15) is 6.61 Å². The lowest BCUT2D eigenvalue weighted by molar-refractivity contribution is -0.142. The number of hydrogen-bond acceptors (Lipinski definition) is 5. The number of carbonyl (C=O) groups is 2. The number of anilines is 1. The Labute approximate surface area is 115 Å². The molecule has 106 valence electrons. The summed E-state index contributed by atoms with van der Waals surface area (Å²) in [7, 11) is 0. The van der Waals surface area contributed by atoms with Crippen LogP contribution in [0, 0.1) is 0 Å². The maximum absolute atomic E-state index is 11.5. The van der Waals surface area contributed by atoms with Gasteiger partial charge in [0, 0.05) is 11.9 Å². The zero-order valence-corrected chi connectivity index (χ0v) is 11.6. The van der Waals surface area contributed by atoms with Crippen LogP contribution in [-0.2, 0) is 9.53 Å². The van der Waals surface area contributed by atoms with E-state index in [9.17, 15) is 9.59 Å². The number of amides is 2. The first-order valence-corrected chi connectivity index (χ1v) is 6.67. The quantitative estimate of drug-likeness (QED) is 0.660. The van der Waals surface area contributed by atoms with Crippen LogP contribution in [0.3, 0.4) is 0 Å². The van der Waals surface area contributed by atoms with E-state index in [1.165, 1.54) is 11.3 Å². The van der Waals surface area contributed by atoms with Crippen molar-refractivity contribution in [3.63, 3.8) is 0 Å². The molecule has 8 heteroatoms. The molecule has 0 saturated heterocycles. The lowest BCUT2D eigenvalue weighted by atomic mass is 10.2. The van der Waals surface area contributed by atoms with Crippen molar-refractivity contribution < 1.29 is 19.4 Å². The van der Waals surface area contributed by atoms with E-state index in [1.54, 1.807) is 0 Å². The molecule has 1 rings (SSSR count). The third-order valence-corrected chi connectivity index (χ3v) is 2.87. The molecular formula is C11H17N3O4S. The predicted molar refractivity (Wildman–Crippen MR) is 71.7 cm³/mol. The molecule has 0 fully saturated rings. The topological polar surface area (TPSA) is 101 Å². The van der Waals surface area contributed by atoms with Crippen molar-refractivity contribution in [2.45, 2.75) is 19.8 Å². The van der Waals surface area contributed by atoms with E-state index < -0.39 is 5.97 Å². The van der Waals surface area contributed by atoms with Crippen molar-refractivity contribution in [3.8, 4) is 0 Å². The Balaban J connectivity index is 2.21. The number of carboxylic acid groups (broad SMARTS) is 1. The molecule has 1 aromatic heterocycles. The third-order valence-electron chi connectivity index (χ3n) is 2.09. The molecule has 3 N–H and O–H groups in total. The van der Waals surface area contributed by atoms with Gasteiger partial charge in [0.15, 0.2) is 5.13 Å². The van der Waals surface area contributed by atoms with Crippen LogP contribution >= 0.6 is 11.3 Å². The van der Waals surface area contributed by atoms with E-state index in [0.717, 1.165) is 5.69 Å². The molecule has 0 aliphatic rings. The lowest BCUT2D eigenvalue weighted by Crippen LogP contribution is -2.31. The number of aliphatic carboxylic acids is 1. The van der Waals surface area contributed by atoms with Crippen molar-refractivity contribution in [2.75, 3.05) is 25.1 Å². The first-order valence-electron chi connectivity index (χ1n) is 5.79. The summed E-state index contributed by atoms with van der Waals surface area (Å²) in [6, 6.07) is -0.386. The van der Waals surface area contributed by atoms with Crippen LogP contribution in [0.4, 0.5) is 9.93 Å². The van der Waals surface area contributed by atoms with Gasteiger partial charge in [0.2, 0.25) is 0 Å². The summed E-state index contributed by atoms with van der Waals surface area (Å²) >= 11 is 1.36. The molecule has 0 atom stereocenters. The van der Waals surface area contributed by atoms with Gasteiger partial charge in [-0.15, -0.1) is 11.3 Å². The summed E-state index contributed by atoms with van der Waals surface area (Å²) in [4.78, 5) is 25.9. The molecule has 0 unspecified atom stereocenters. The summed E-state index contributed by atoms with van der Waals surface area (Å²) in [5, 5.41) is 15.9. The molecule has 0 bridgehead atoms. The standard InChI is InChI=1S/C11H17N3O4S/c1-7(2)8-6-19-11(13-8)14-10(17)12-3-4-18-5-9(15)16/h6-7H,3-5H2,1-2H3,(H,15,16)(H2,12,13,14,17). The fourth-order valence-corrected chi connectivity index (χ4v) is 2.01. The molecule has 0 aliphatic heterocycles. The molecule has 1 aromatic rings. The Morgan fingerprint density at radius 3 is 2.84 bits per heavy atom. The van der Waals surface area contributed by atoms with Gasteiger partial charge in [-0.3, -0.25) is 5.32 Å². The molecule has 7 nitrogen and oxygen atoms in total. The molecule has 0 aromatic carbocycles. The van der Waals surface area contributed by atoms with Gasteiger partial charge in [-0.05, 0) is 5.92 Å². The highest BCUT2D eigenvalue weighted by atomic mass is 32.1. The number of aromatic nitrogens is 1. The average Bonchev–Trinajstić information content (AvgIpc) is 2.76. The van der Waals surface area contributed by atoms with Crippen molar-refractivity contribution in [1.82, 2.24) is 10.3 Å². The van der Waals surface area contributed by atoms with Gasteiger partial charge >= 0.3 is 12.0 Å². The van der Waals surface area contributed by atoms with Crippen molar-refractivity contribution >= 4 is 28.5 Å². The summed E-state index contributed by atoms with van der Waals surface area (Å²) < 4.78 is 4.78. The monoisotopic (exact) mass is 287 g/mol. The molecule has 1 heterocycles. The van der Waals surface area contributed by atoms with Crippen LogP contribution in [0.15, 0.2) is 5.38 Å². The van der Waals surface area contributed by atoms with Gasteiger partial charge in [0.25, 0.3) is 0 Å². The van der Waals surface area contributed by atoms with E-state index in [-0.39, 0.29) is 25.8 Å². The molecule has 19 heavy (non-hydrogen) atoms. The number of ether oxygens (including phenoxy) is 1.